The Morgan fingerprint density at radius 2 is 1.68 bits per heavy atom. The molecule has 0 bridgehead atoms. The topological polar surface area (TPSA) is 133 Å². The van der Waals surface area contributed by atoms with Gasteiger partial charge in [0, 0.05) is 39.3 Å². The van der Waals surface area contributed by atoms with Crippen molar-refractivity contribution >= 4 is 38.4 Å². The summed E-state index contributed by atoms with van der Waals surface area (Å²) in [5, 5.41) is 8.47. The van der Waals surface area contributed by atoms with Crippen molar-refractivity contribution in [1.29, 1.82) is 0 Å². The van der Waals surface area contributed by atoms with Crippen LogP contribution in [0, 0.1) is 5.92 Å². The number of anilines is 1. The maximum Gasteiger partial charge on any atom is 0.407 e. The number of alkyl carbamates (subject to hydrolysis) is 1. The zero-order valence-electron chi connectivity index (χ0n) is 26.6. The van der Waals surface area contributed by atoms with Crippen LogP contribution in [0.15, 0.2) is 66.7 Å². The smallest absolute Gasteiger partial charge is 0.407 e. The van der Waals surface area contributed by atoms with Gasteiger partial charge in [0.25, 0.3) is 0 Å². The molecule has 2 aromatic heterocycles. The first-order valence-corrected chi connectivity index (χ1v) is 18.0. The normalized spacial score (nSPS) is 15.8. The highest BCUT2D eigenvalue weighted by molar-refractivity contribution is 7.92. The quantitative estimate of drug-likeness (QED) is 0.195. The lowest BCUT2D eigenvalue weighted by Gasteiger charge is -2.34. The van der Waals surface area contributed by atoms with E-state index in [0.29, 0.717) is 24.1 Å². The molecule has 1 amide bonds. The number of carbonyl (C=O) groups excluding carboxylic acids is 2. The molecule has 0 spiro atoms. The molecule has 6 rings (SSSR count). The van der Waals surface area contributed by atoms with Gasteiger partial charge >= 0.3 is 6.09 Å². The lowest BCUT2D eigenvalue weighted by Crippen LogP contribution is -2.35. The van der Waals surface area contributed by atoms with E-state index in [1.165, 1.54) is 0 Å². The van der Waals surface area contributed by atoms with Crippen LogP contribution in [0.3, 0.4) is 0 Å². The van der Waals surface area contributed by atoms with Crippen LogP contribution in [-0.2, 0) is 25.9 Å². The Morgan fingerprint density at radius 1 is 0.979 bits per heavy atom. The first-order chi connectivity index (χ1) is 22.8. The van der Waals surface area contributed by atoms with E-state index in [-0.39, 0.29) is 18.8 Å². The van der Waals surface area contributed by atoms with Crippen LogP contribution in [-0.4, -0.2) is 79.9 Å². The standard InChI is InChI=1S/C35H41N5O6S/c1-45-22-26-15-18-39(19-16-26)30-21-29(31(41)24-47(43,44)20-17-36-35(42)46-23-25-9-4-2-5-10-25)37-34-32(30)33(27-11-8-12-27)38-40(34)28-13-6-3-7-14-28/h2-7,9-10,13-14,21,26-27H,8,11-12,15-20,22-24H2,1H3,(H,36,42). The number of hydrogen-bond acceptors (Lipinski definition) is 9. The van der Waals surface area contributed by atoms with Gasteiger partial charge in [0.15, 0.2) is 21.3 Å². The maximum atomic E-state index is 13.7. The third-order valence-electron chi connectivity index (χ3n) is 9.03. The Balaban J connectivity index is 1.24. The number of ether oxygens (including phenoxy) is 2. The van der Waals surface area contributed by atoms with Crippen molar-refractivity contribution in [2.75, 3.05) is 49.8 Å². The number of aromatic nitrogens is 3. The zero-order chi connectivity index (χ0) is 32.8. The Morgan fingerprint density at radius 3 is 2.34 bits per heavy atom. The van der Waals surface area contributed by atoms with Crippen molar-refractivity contribution in [3.8, 4) is 5.69 Å². The fourth-order valence-corrected chi connectivity index (χ4v) is 7.34. The lowest BCUT2D eigenvalue weighted by molar-refractivity contribution is 0.101. The van der Waals surface area contributed by atoms with Gasteiger partial charge in [-0.25, -0.2) is 22.9 Å². The Bertz CT molecular complexity index is 1800. The van der Waals surface area contributed by atoms with Crippen LogP contribution in [0.2, 0.25) is 0 Å². The van der Waals surface area contributed by atoms with Crippen LogP contribution >= 0.6 is 0 Å². The van der Waals surface area contributed by atoms with E-state index in [1.807, 2.05) is 60.7 Å². The molecule has 2 aromatic carbocycles. The molecule has 1 saturated heterocycles. The Kier molecular flexibility index (Phi) is 10.2. The molecular weight excluding hydrogens is 618 g/mol. The van der Waals surface area contributed by atoms with Crippen molar-refractivity contribution in [3.63, 3.8) is 0 Å². The van der Waals surface area contributed by atoms with Crippen molar-refractivity contribution in [2.24, 2.45) is 5.92 Å². The lowest BCUT2D eigenvalue weighted by atomic mass is 9.81. The monoisotopic (exact) mass is 659 g/mol. The molecule has 2 aliphatic rings. The second-order valence-corrected chi connectivity index (χ2v) is 14.6. The number of sulfone groups is 1. The maximum absolute atomic E-state index is 13.7. The van der Waals surface area contributed by atoms with Crippen LogP contribution in [0.5, 0.6) is 0 Å². The number of hydrogen-bond donors (Lipinski definition) is 1. The fraction of sp³-hybridized carbons (Fsp3) is 0.429. The summed E-state index contributed by atoms with van der Waals surface area (Å²) in [5.74, 6) is -0.962. The third-order valence-corrected chi connectivity index (χ3v) is 10.6. The van der Waals surface area contributed by atoms with Crippen LogP contribution in [0.25, 0.3) is 16.7 Å². The van der Waals surface area contributed by atoms with Gasteiger partial charge in [-0.3, -0.25) is 4.79 Å². The number of fused-ring (bicyclic) bond motifs is 1. The minimum atomic E-state index is -3.87. The van der Waals surface area contributed by atoms with E-state index < -0.39 is 33.2 Å². The molecule has 12 heteroatoms. The molecule has 1 aliphatic heterocycles. The average Bonchev–Trinajstić information content (AvgIpc) is 3.42. The molecule has 47 heavy (non-hydrogen) atoms. The van der Waals surface area contributed by atoms with Crippen molar-refractivity contribution in [1.82, 2.24) is 20.1 Å². The Labute approximate surface area is 275 Å². The van der Waals surface area contributed by atoms with E-state index in [4.69, 9.17) is 19.6 Å². The number of nitrogens with zero attached hydrogens (tertiary/aromatic N) is 4. The van der Waals surface area contributed by atoms with Crippen LogP contribution < -0.4 is 10.2 Å². The predicted octanol–water partition coefficient (Wildman–Crippen LogP) is 5.07. The molecule has 1 aliphatic carbocycles. The predicted molar refractivity (Wildman–Crippen MR) is 180 cm³/mol. The molecule has 2 fully saturated rings. The number of methoxy groups -OCH3 is 1. The van der Waals surface area contributed by atoms with Gasteiger partial charge in [-0.1, -0.05) is 55.0 Å². The molecule has 0 radical (unpaired) electrons. The number of carbonyl (C=O) groups is 2. The summed E-state index contributed by atoms with van der Waals surface area (Å²) in [6, 6.07) is 20.6. The minimum absolute atomic E-state index is 0.0699. The van der Waals surface area contributed by atoms with Crippen LogP contribution in [0.4, 0.5) is 10.5 Å². The molecule has 1 N–H and O–H groups in total. The molecule has 11 nitrogen and oxygen atoms in total. The molecular formula is C35H41N5O6S. The first-order valence-electron chi connectivity index (χ1n) is 16.2. The average molecular weight is 660 g/mol. The molecule has 0 unspecified atom stereocenters. The second kappa shape index (κ2) is 14.6. The highest BCUT2D eigenvalue weighted by Gasteiger charge is 2.32. The van der Waals surface area contributed by atoms with E-state index in [0.717, 1.165) is 73.2 Å². The van der Waals surface area contributed by atoms with Crippen molar-refractivity contribution in [3.05, 3.63) is 83.7 Å². The number of para-hydroxylation sites is 1. The fourth-order valence-electron chi connectivity index (χ4n) is 6.24. The van der Waals surface area contributed by atoms with Gasteiger partial charge in [-0.15, -0.1) is 0 Å². The van der Waals surface area contributed by atoms with E-state index in [1.54, 1.807) is 17.9 Å². The van der Waals surface area contributed by atoms with Gasteiger partial charge in [0.1, 0.15) is 18.1 Å². The summed E-state index contributed by atoms with van der Waals surface area (Å²) in [6.07, 6.45) is 4.40. The zero-order valence-corrected chi connectivity index (χ0v) is 27.5. The van der Waals surface area contributed by atoms with E-state index in [2.05, 4.69) is 10.2 Å². The molecule has 1 saturated carbocycles. The number of pyridine rings is 1. The van der Waals surface area contributed by atoms with Crippen LogP contribution in [0.1, 0.15) is 59.8 Å². The Hall–Kier alpha value is -4.29. The number of benzene rings is 2. The first kappa shape index (κ1) is 32.6. The summed E-state index contributed by atoms with van der Waals surface area (Å²) in [4.78, 5) is 32.9. The van der Waals surface area contributed by atoms with Gasteiger partial charge < -0.3 is 19.7 Å². The molecule has 248 valence electrons. The number of nitrogens with one attached hydrogen (secondary N) is 1. The van der Waals surface area contributed by atoms with E-state index in [9.17, 15) is 18.0 Å². The third kappa shape index (κ3) is 7.82. The van der Waals surface area contributed by atoms with Crippen molar-refractivity contribution in [2.45, 2.75) is 44.6 Å². The summed E-state index contributed by atoms with van der Waals surface area (Å²) < 4.78 is 38.5. The minimum Gasteiger partial charge on any atom is -0.445 e. The van der Waals surface area contributed by atoms with Gasteiger partial charge in [-0.2, -0.15) is 5.10 Å². The van der Waals surface area contributed by atoms with Gasteiger partial charge in [0.2, 0.25) is 0 Å². The number of Topliss-reactive ketones (excluding diaryl/α,β-unsaturated/α-hetero) is 1. The number of amides is 1. The molecule has 0 atom stereocenters. The number of piperidine rings is 1. The number of rotatable bonds is 13. The van der Waals surface area contributed by atoms with E-state index >= 15 is 0 Å². The highest BCUT2D eigenvalue weighted by atomic mass is 32.2. The van der Waals surface area contributed by atoms with Crippen molar-refractivity contribution < 1.29 is 27.5 Å². The van der Waals surface area contributed by atoms with Gasteiger partial charge in [0.05, 0.1) is 28.2 Å². The second-order valence-electron chi connectivity index (χ2n) is 12.4. The summed E-state index contributed by atoms with van der Waals surface area (Å²) in [5.41, 5.74) is 4.13. The highest BCUT2D eigenvalue weighted by Crippen LogP contribution is 2.43. The number of ketones is 1. The summed E-state index contributed by atoms with van der Waals surface area (Å²) in [6.45, 7) is 2.17. The largest absolute Gasteiger partial charge is 0.445 e. The molecule has 3 heterocycles. The SMILES string of the molecule is COCC1CCN(c2cc(C(=O)CS(=O)(=O)CCNC(=O)OCc3ccccc3)nc3c2c(C2CCC2)nn3-c2ccccc2)CC1. The molecule has 4 aromatic rings. The summed E-state index contributed by atoms with van der Waals surface area (Å²) >= 11 is 0. The van der Waals surface area contributed by atoms with Gasteiger partial charge in [-0.05, 0) is 55.4 Å². The summed E-state index contributed by atoms with van der Waals surface area (Å²) in [7, 11) is -2.15.